The molecule has 0 spiro atoms. The largest absolute Gasteiger partial charge is 0.489 e. The van der Waals surface area contributed by atoms with E-state index in [9.17, 15) is 0 Å². The van der Waals surface area contributed by atoms with Crippen LogP contribution >= 0.6 is 0 Å². The Labute approximate surface area is 84.3 Å². The Balaban J connectivity index is 2.00. The molecule has 0 N–H and O–H groups in total. The van der Waals surface area contributed by atoms with Crippen molar-refractivity contribution in [2.75, 3.05) is 0 Å². The number of aromatic nitrogens is 1. The van der Waals surface area contributed by atoms with Gasteiger partial charge >= 0.3 is 0 Å². The third kappa shape index (κ3) is 1.29. The lowest BCUT2D eigenvalue weighted by atomic mass is 9.90. The second-order valence-corrected chi connectivity index (χ2v) is 4.49. The van der Waals surface area contributed by atoms with Gasteiger partial charge in [-0.1, -0.05) is 0 Å². The molecule has 0 saturated heterocycles. The fraction of sp³-hybridized carbons (Fsp3) is 0.583. The molecule has 0 bridgehead atoms. The molecule has 1 aromatic heterocycles. The molecule has 0 radical (unpaired) electrons. The second kappa shape index (κ2) is 2.97. The van der Waals surface area contributed by atoms with E-state index in [1.54, 1.807) is 0 Å². The lowest BCUT2D eigenvalue weighted by Gasteiger charge is -2.29. The summed E-state index contributed by atoms with van der Waals surface area (Å²) in [6, 6.07) is 4.01. The van der Waals surface area contributed by atoms with E-state index in [-0.39, 0.29) is 0 Å². The zero-order chi connectivity index (χ0) is 9.54. The van der Waals surface area contributed by atoms with Crippen LogP contribution in [0.2, 0.25) is 0 Å². The topological polar surface area (TPSA) is 22.1 Å². The van der Waals surface area contributed by atoms with E-state index in [1.165, 1.54) is 18.5 Å². The molecule has 0 aromatic carbocycles. The second-order valence-electron chi connectivity index (χ2n) is 4.49. The minimum atomic E-state index is 0.359. The van der Waals surface area contributed by atoms with Crippen molar-refractivity contribution < 1.29 is 4.74 Å². The summed E-state index contributed by atoms with van der Waals surface area (Å²) in [5, 5.41) is 0. The molecule has 0 amide bonds. The van der Waals surface area contributed by atoms with Gasteiger partial charge in [0.2, 0.25) is 0 Å². The number of nitrogens with zero attached hydrogens (tertiary/aromatic N) is 1. The standard InChI is InChI=1S/C12H15NO/c1-8-7-10(9-4-5-9)12-11(14-8)3-2-6-13-12/h2-3,6,8-10H,4-5,7H2,1H3. The average molecular weight is 189 g/mol. The van der Waals surface area contributed by atoms with Crippen molar-refractivity contribution in [2.45, 2.75) is 38.2 Å². The van der Waals surface area contributed by atoms with Crippen molar-refractivity contribution in [3.05, 3.63) is 24.0 Å². The van der Waals surface area contributed by atoms with Crippen LogP contribution in [-0.4, -0.2) is 11.1 Å². The van der Waals surface area contributed by atoms with E-state index < -0.39 is 0 Å². The predicted molar refractivity (Wildman–Crippen MR) is 54.4 cm³/mol. The quantitative estimate of drug-likeness (QED) is 0.677. The summed E-state index contributed by atoms with van der Waals surface area (Å²) in [5.74, 6) is 2.56. The van der Waals surface area contributed by atoms with Crippen LogP contribution in [0.4, 0.5) is 0 Å². The van der Waals surface area contributed by atoms with E-state index in [0.29, 0.717) is 12.0 Å². The molecular formula is C12H15NO. The number of hydrogen-bond donors (Lipinski definition) is 0. The minimum absolute atomic E-state index is 0.359. The summed E-state index contributed by atoms with van der Waals surface area (Å²) in [6.07, 6.45) is 6.15. The first kappa shape index (κ1) is 8.27. The lowest BCUT2D eigenvalue weighted by Crippen LogP contribution is -2.24. The lowest BCUT2D eigenvalue weighted by molar-refractivity contribution is 0.167. The highest BCUT2D eigenvalue weighted by Gasteiger charge is 2.38. The van der Waals surface area contributed by atoms with Crippen LogP contribution in [0.5, 0.6) is 5.75 Å². The van der Waals surface area contributed by atoms with Crippen molar-refractivity contribution in [3.8, 4) is 5.75 Å². The third-order valence-corrected chi connectivity index (χ3v) is 3.26. The maximum Gasteiger partial charge on any atom is 0.141 e. The first-order chi connectivity index (χ1) is 6.84. The van der Waals surface area contributed by atoms with E-state index in [2.05, 4.69) is 11.9 Å². The summed E-state index contributed by atoms with van der Waals surface area (Å²) in [6.45, 7) is 2.16. The molecule has 2 heterocycles. The smallest absolute Gasteiger partial charge is 0.141 e. The van der Waals surface area contributed by atoms with Gasteiger partial charge in [0, 0.05) is 12.1 Å². The Bertz CT molecular complexity index is 346. The van der Waals surface area contributed by atoms with Gasteiger partial charge in [-0.2, -0.15) is 0 Å². The zero-order valence-corrected chi connectivity index (χ0v) is 8.44. The summed E-state index contributed by atoms with van der Waals surface area (Å²) >= 11 is 0. The maximum absolute atomic E-state index is 5.78. The summed E-state index contributed by atoms with van der Waals surface area (Å²) in [5.41, 5.74) is 1.20. The van der Waals surface area contributed by atoms with Crippen molar-refractivity contribution in [2.24, 2.45) is 5.92 Å². The van der Waals surface area contributed by atoms with E-state index >= 15 is 0 Å². The summed E-state index contributed by atoms with van der Waals surface area (Å²) in [4.78, 5) is 4.47. The molecule has 1 fully saturated rings. The number of fused-ring (bicyclic) bond motifs is 1. The molecule has 2 aliphatic rings. The van der Waals surface area contributed by atoms with Gasteiger partial charge in [-0.05, 0) is 44.2 Å². The van der Waals surface area contributed by atoms with Crippen molar-refractivity contribution in [1.82, 2.24) is 4.98 Å². The number of pyridine rings is 1. The van der Waals surface area contributed by atoms with E-state index in [4.69, 9.17) is 4.74 Å². The van der Waals surface area contributed by atoms with Crippen LogP contribution in [0.1, 0.15) is 37.8 Å². The Hall–Kier alpha value is -1.05. The molecule has 1 aromatic rings. The third-order valence-electron chi connectivity index (χ3n) is 3.26. The number of rotatable bonds is 1. The molecule has 74 valence electrons. The minimum Gasteiger partial charge on any atom is -0.489 e. The van der Waals surface area contributed by atoms with Gasteiger partial charge < -0.3 is 4.74 Å². The Morgan fingerprint density at radius 1 is 1.43 bits per heavy atom. The number of ether oxygens (including phenoxy) is 1. The fourth-order valence-electron chi connectivity index (χ4n) is 2.43. The molecule has 1 aliphatic heterocycles. The first-order valence-corrected chi connectivity index (χ1v) is 5.46. The molecule has 2 heteroatoms. The Morgan fingerprint density at radius 2 is 2.29 bits per heavy atom. The maximum atomic E-state index is 5.78. The summed E-state index contributed by atoms with van der Waals surface area (Å²) < 4.78 is 5.78. The van der Waals surface area contributed by atoms with Gasteiger partial charge in [0.05, 0.1) is 11.8 Å². The normalized spacial score (nSPS) is 30.6. The predicted octanol–water partition coefficient (Wildman–Crippen LogP) is 2.75. The first-order valence-electron chi connectivity index (χ1n) is 5.46. The Morgan fingerprint density at radius 3 is 3.07 bits per heavy atom. The van der Waals surface area contributed by atoms with Gasteiger partial charge in [0.25, 0.3) is 0 Å². The highest BCUT2D eigenvalue weighted by atomic mass is 16.5. The van der Waals surface area contributed by atoms with E-state index in [0.717, 1.165) is 18.1 Å². The van der Waals surface area contributed by atoms with Gasteiger partial charge in [0.1, 0.15) is 5.75 Å². The molecule has 14 heavy (non-hydrogen) atoms. The molecule has 3 rings (SSSR count). The van der Waals surface area contributed by atoms with Crippen LogP contribution in [0.25, 0.3) is 0 Å². The highest BCUT2D eigenvalue weighted by molar-refractivity contribution is 5.33. The highest BCUT2D eigenvalue weighted by Crippen LogP contribution is 2.48. The van der Waals surface area contributed by atoms with Gasteiger partial charge in [0.15, 0.2) is 0 Å². The molecule has 1 aliphatic carbocycles. The van der Waals surface area contributed by atoms with Gasteiger partial charge in [-0.3, -0.25) is 4.98 Å². The van der Waals surface area contributed by atoms with E-state index in [1.807, 2.05) is 18.3 Å². The van der Waals surface area contributed by atoms with Crippen LogP contribution in [-0.2, 0) is 0 Å². The molecule has 1 saturated carbocycles. The average Bonchev–Trinajstić information content (AvgIpc) is 2.99. The van der Waals surface area contributed by atoms with Crippen molar-refractivity contribution in [1.29, 1.82) is 0 Å². The molecule has 2 nitrogen and oxygen atoms in total. The SMILES string of the molecule is CC1CC(C2CC2)c2ncccc2O1. The monoisotopic (exact) mass is 189 g/mol. The summed E-state index contributed by atoms with van der Waals surface area (Å²) in [7, 11) is 0. The molecular weight excluding hydrogens is 174 g/mol. The fourth-order valence-corrected chi connectivity index (χ4v) is 2.43. The van der Waals surface area contributed by atoms with Crippen LogP contribution < -0.4 is 4.74 Å². The Kier molecular flexibility index (Phi) is 1.76. The van der Waals surface area contributed by atoms with Crippen LogP contribution in [0, 0.1) is 5.92 Å². The molecule has 2 unspecified atom stereocenters. The number of hydrogen-bond acceptors (Lipinski definition) is 2. The van der Waals surface area contributed by atoms with Crippen molar-refractivity contribution in [3.63, 3.8) is 0 Å². The van der Waals surface area contributed by atoms with Gasteiger partial charge in [-0.15, -0.1) is 0 Å². The zero-order valence-electron chi connectivity index (χ0n) is 8.44. The molecule has 2 atom stereocenters. The van der Waals surface area contributed by atoms with Gasteiger partial charge in [-0.25, -0.2) is 0 Å². The van der Waals surface area contributed by atoms with Crippen molar-refractivity contribution >= 4 is 0 Å². The van der Waals surface area contributed by atoms with Crippen LogP contribution in [0.15, 0.2) is 18.3 Å². The van der Waals surface area contributed by atoms with Crippen LogP contribution in [0.3, 0.4) is 0 Å².